The van der Waals surface area contributed by atoms with Crippen LogP contribution in [0.15, 0.2) is 48.5 Å². The lowest BCUT2D eigenvalue weighted by Crippen LogP contribution is -2.41. The van der Waals surface area contributed by atoms with Crippen LogP contribution < -0.4 is 5.32 Å². The molecule has 0 bridgehead atoms. The molecule has 0 saturated heterocycles. The third-order valence-electron chi connectivity index (χ3n) is 3.99. The maximum atomic E-state index is 13.9. The van der Waals surface area contributed by atoms with Crippen LogP contribution in [-0.4, -0.2) is 23.5 Å². The van der Waals surface area contributed by atoms with Gasteiger partial charge in [0.15, 0.2) is 0 Å². The summed E-state index contributed by atoms with van der Waals surface area (Å²) in [6.45, 7) is 3.69. The van der Waals surface area contributed by atoms with Crippen LogP contribution in [0.5, 0.6) is 0 Å². The minimum Gasteiger partial charge on any atom is -0.478 e. The van der Waals surface area contributed by atoms with Crippen molar-refractivity contribution in [3.8, 4) is 0 Å². The Morgan fingerprint density at radius 1 is 1.12 bits per heavy atom. The van der Waals surface area contributed by atoms with Crippen molar-refractivity contribution >= 4 is 11.9 Å². The van der Waals surface area contributed by atoms with Gasteiger partial charge in [0.2, 0.25) is 5.91 Å². The molecular weight excluding hydrogens is 309 g/mol. The summed E-state index contributed by atoms with van der Waals surface area (Å²) in [6.07, 6.45) is 0.500. The molecule has 0 spiro atoms. The first-order valence-electron chi connectivity index (χ1n) is 7.68. The number of aromatic carboxylic acids is 1. The van der Waals surface area contributed by atoms with Gasteiger partial charge in [-0.15, -0.1) is 0 Å². The fourth-order valence-electron chi connectivity index (χ4n) is 2.49. The number of nitrogens with one attached hydrogen (secondary N) is 1. The number of halogens is 1. The summed E-state index contributed by atoms with van der Waals surface area (Å²) < 4.78 is 13.9. The average molecular weight is 329 g/mol. The number of carbonyl (C=O) groups is 2. The van der Waals surface area contributed by atoms with Gasteiger partial charge in [-0.25, -0.2) is 9.18 Å². The van der Waals surface area contributed by atoms with Crippen LogP contribution in [0.3, 0.4) is 0 Å². The zero-order chi connectivity index (χ0) is 17.7. The van der Waals surface area contributed by atoms with Gasteiger partial charge < -0.3 is 10.4 Å². The van der Waals surface area contributed by atoms with E-state index < -0.39 is 17.2 Å². The summed E-state index contributed by atoms with van der Waals surface area (Å²) in [7, 11) is 0. The van der Waals surface area contributed by atoms with E-state index in [1.807, 2.05) is 0 Å². The monoisotopic (exact) mass is 329 g/mol. The smallest absolute Gasteiger partial charge is 0.335 e. The van der Waals surface area contributed by atoms with E-state index in [1.165, 1.54) is 12.1 Å². The van der Waals surface area contributed by atoms with Gasteiger partial charge in [-0.2, -0.15) is 0 Å². The first-order chi connectivity index (χ1) is 11.3. The number of benzene rings is 2. The fourth-order valence-corrected chi connectivity index (χ4v) is 2.49. The van der Waals surface area contributed by atoms with Gasteiger partial charge in [0, 0.05) is 12.1 Å². The van der Waals surface area contributed by atoms with Gasteiger partial charge in [0.25, 0.3) is 0 Å². The van der Waals surface area contributed by atoms with E-state index in [9.17, 15) is 14.0 Å². The zero-order valence-corrected chi connectivity index (χ0v) is 13.7. The Morgan fingerprint density at radius 2 is 1.83 bits per heavy atom. The van der Waals surface area contributed by atoms with Crippen molar-refractivity contribution in [3.05, 3.63) is 71.0 Å². The summed E-state index contributed by atoms with van der Waals surface area (Å²) in [6, 6.07) is 12.8. The molecule has 0 saturated carbocycles. The van der Waals surface area contributed by atoms with Crippen LogP contribution in [0.25, 0.3) is 0 Å². The van der Waals surface area contributed by atoms with Gasteiger partial charge >= 0.3 is 5.97 Å². The van der Waals surface area contributed by atoms with Gasteiger partial charge in [0.1, 0.15) is 5.82 Å². The number of carbonyl (C=O) groups excluding carboxylic acids is 1. The Labute approximate surface area is 140 Å². The number of rotatable bonds is 6. The second-order valence-corrected chi connectivity index (χ2v) is 6.12. The van der Waals surface area contributed by atoms with E-state index in [0.29, 0.717) is 18.5 Å². The highest BCUT2D eigenvalue weighted by Crippen LogP contribution is 2.25. The summed E-state index contributed by atoms with van der Waals surface area (Å²) in [4.78, 5) is 23.4. The van der Waals surface area contributed by atoms with E-state index in [-0.39, 0.29) is 11.5 Å². The molecule has 0 fully saturated rings. The minimum absolute atomic E-state index is 0.213. The van der Waals surface area contributed by atoms with Crippen LogP contribution in [0.1, 0.15) is 35.3 Å². The molecule has 1 amide bonds. The van der Waals surface area contributed by atoms with Crippen molar-refractivity contribution in [2.45, 2.75) is 25.7 Å². The van der Waals surface area contributed by atoms with E-state index >= 15 is 0 Å². The second-order valence-electron chi connectivity index (χ2n) is 6.12. The molecule has 0 atom stereocenters. The first-order valence-corrected chi connectivity index (χ1v) is 7.68. The molecule has 0 heterocycles. The fraction of sp³-hybridized carbons (Fsp3) is 0.263. The Hall–Kier alpha value is -2.69. The SMILES string of the molecule is CC(C)(C(=O)NCCc1cccc(C(=O)O)c1)c1ccccc1F. The Kier molecular flexibility index (Phi) is 5.34. The predicted molar refractivity (Wildman–Crippen MR) is 89.5 cm³/mol. The molecule has 0 aromatic heterocycles. The first kappa shape index (κ1) is 17.7. The topological polar surface area (TPSA) is 66.4 Å². The van der Waals surface area contributed by atoms with E-state index in [2.05, 4.69) is 5.32 Å². The van der Waals surface area contributed by atoms with Crippen molar-refractivity contribution in [3.63, 3.8) is 0 Å². The molecule has 2 aromatic carbocycles. The summed E-state index contributed by atoms with van der Waals surface area (Å²) in [5.74, 6) is -1.67. The Bertz CT molecular complexity index is 756. The molecule has 4 nitrogen and oxygen atoms in total. The highest BCUT2D eigenvalue weighted by Gasteiger charge is 2.31. The van der Waals surface area contributed by atoms with Crippen LogP contribution in [0, 0.1) is 5.82 Å². The quantitative estimate of drug-likeness (QED) is 0.855. The molecule has 0 radical (unpaired) electrons. The van der Waals surface area contributed by atoms with Gasteiger partial charge in [0.05, 0.1) is 11.0 Å². The maximum Gasteiger partial charge on any atom is 0.335 e. The molecule has 2 N–H and O–H groups in total. The molecule has 126 valence electrons. The minimum atomic E-state index is -0.992. The molecule has 0 aliphatic carbocycles. The summed E-state index contributed by atoms with van der Waals surface area (Å²) in [5, 5.41) is 11.8. The van der Waals surface area contributed by atoms with E-state index in [1.54, 1.807) is 50.2 Å². The highest BCUT2D eigenvalue weighted by atomic mass is 19.1. The average Bonchev–Trinajstić information content (AvgIpc) is 2.55. The third kappa shape index (κ3) is 3.98. The lowest BCUT2D eigenvalue weighted by Gasteiger charge is -2.24. The molecule has 5 heteroatoms. The predicted octanol–water partition coefficient (Wildman–Crippen LogP) is 3.16. The van der Waals surface area contributed by atoms with Crippen molar-refractivity contribution < 1.29 is 19.1 Å². The molecule has 24 heavy (non-hydrogen) atoms. The third-order valence-corrected chi connectivity index (χ3v) is 3.99. The second kappa shape index (κ2) is 7.25. The van der Waals surface area contributed by atoms with Crippen LogP contribution in [0.2, 0.25) is 0 Å². The van der Waals surface area contributed by atoms with E-state index in [0.717, 1.165) is 5.56 Å². The van der Waals surface area contributed by atoms with Crippen molar-refractivity contribution in [1.82, 2.24) is 5.32 Å². The molecule has 0 aliphatic rings. The molecule has 2 aromatic rings. The Balaban J connectivity index is 1.99. The van der Waals surface area contributed by atoms with Crippen molar-refractivity contribution in [1.29, 1.82) is 0 Å². The Morgan fingerprint density at radius 3 is 2.50 bits per heavy atom. The van der Waals surface area contributed by atoms with Gasteiger partial charge in [-0.1, -0.05) is 30.3 Å². The summed E-state index contributed by atoms with van der Waals surface area (Å²) >= 11 is 0. The van der Waals surface area contributed by atoms with Gasteiger partial charge in [-0.3, -0.25) is 4.79 Å². The van der Waals surface area contributed by atoms with Gasteiger partial charge in [-0.05, 0) is 44.0 Å². The lowest BCUT2D eigenvalue weighted by atomic mass is 9.83. The number of hydrogen-bond donors (Lipinski definition) is 2. The van der Waals surface area contributed by atoms with Crippen LogP contribution in [0.4, 0.5) is 4.39 Å². The molecule has 2 rings (SSSR count). The largest absolute Gasteiger partial charge is 0.478 e. The molecule has 0 unspecified atom stereocenters. The number of amides is 1. The number of carboxylic acid groups (broad SMARTS) is 1. The maximum absolute atomic E-state index is 13.9. The normalized spacial score (nSPS) is 11.1. The number of hydrogen-bond acceptors (Lipinski definition) is 2. The van der Waals surface area contributed by atoms with Crippen LogP contribution in [-0.2, 0) is 16.6 Å². The van der Waals surface area contributed by atoms with Crippen LogP contribution >= 0.6 is 0 Å². The van der Waals surface area contributed by atoms with Crippen molar-refractivity contribution in [2.75, 3.05) is 6.54 Å². The molecular formula is C19H20FNO3. The highest BCUT2D eigenvalue weighted by molar-refractivity contribution is 5.88. The number of carboxylic acids is 1. The lowest BCUT2D eigenvalue weighted by molar-refractivity contribution is -0.125. The molecule has 0 aliphatic heterocycles. The zero-order valence-electron chi connectivity index (χ0n) is 13.7. The standard InChI is InChI=1S/C19H20FNO3/c1-19(2,15-8-3-4-9-16(15)20)18(24)21-11-10-13-6-5-7-14(12-13)17(22)23/h3-9,12H,10-11H2,1-2H3,(H,21,24)(H,22,23). The van der Waals surface area contributed by atoms with E-state index in [4.69, 9.17) is 5.11 Å². The van der Waals surface area contributed by atoms with Crippen molar-refractivity contribution in [2.24, 2.45) is 0 Å². The summed E-state index contributed by atoms with van der Waals surface area (Å²) in [5.41, 5.74) is 0.383.